The van der Waals surface area contributed by atoms with Gasteiger partial charge in [0.2, 0.25) is 9.47 Å². The summed E-state index contributed by atoms with van der Waals surface area (Å²) in [5.41, 5.74) is 0. The zero-order valence-corrected chi connectivity index (χ0v) is 11.4. The number of halogens is 1. The fourth-order valence-electron chi connectivity index (χ4n) is 2.32. The van der Waals surface area contributed by atoms with Crippen LogP contribution in [-0.4, -0.2) is 33.6 Å². The van der Waals surface area contributed by atoms with Gasteiger partial charge in [0.05, 0.1) is 0 Å². The molecule has 17 heavy (non-hydrogen) atoms. The Kier molecular flexibility index (Phi) is 4.34. The van der Waals surface area contributed by atoms with Crippen molar-refractivity contribution in [2.24, 2.45) is 0 Å². The van der Waals surface area contributed by atoms with Crippen LogP contribution in [-0.2, 0) is 0 Å². The molecular weight excluding hydrogens is 258 g/mol. The highest BCUT2D eigenvalue weighted by atomic mass is 35.5. The summed E-state index contributed by atoms with van der Waals surface area (Å²) >= 11 is 6.88. The van der Waals surface area contributed by atoms with Crippen molar-refractivity contribution >= 4 is 28.8 Å². The number of hydrogen-bond donors (Lipinski definition) is 0. The molecule has 1 aliphatic rings. The van der Waals surface area contributed by atoms with Crippen LogP contribution in [0.15, 0.2) is 0 Å². The Morgan fingerprint density at radius 3 is 3.00 bits per heavy atom. The number of carbonyl (C=O) groups excluding carboxylic acids is 1. The van der Waals surface area contributed by atoms with Gasteiger partial charge in [-0.1, -0.05) is 24.7 Å². The highest BCUT2D eigenvalue weighted by Crippen LogP contribution is 2.24. The van der Waals surface area contributed by atoms with Gasteiger partial charge in [-0.3, -0.25) is 4.79 Å². The van der Waals surface area contributed by atoms with Crippen molar-refractivity contribution in [3.63, 3.8) is 0 Å². The summed E-state index contributed by atoms with van der Waals surface area (Å²) in [6.07, 6.45) is 5.57. The number of nitrogens with zero attached hydrogens (tertiary/aromatic N) is 3. The summed E-state index contributed by atoms with van der Waals surface area (Å²) in [6, 6.07) is 0.365. The first-order chi connectivity index (χ1) is 8.22. The Morgan fingerprint density at radius 1 is 1.53 bits per heavy atom. The van der Waals surface area contributed by atoms with Crippen molar-refractivity contribution in [1.29, 1.82) is 0 Å². The lowest BCUT2D eigenvalue weighted by atomic mass is 9.98. The van der Waals surface area contributed by atoms with Crippen molar-refractivity contribution in [2.45, 2.75) is 45.1 Å². The smallest absolute Gasteiger partial charge is 0.285 e. The van der Waals surface area contributed by atoms with Crippen molar-refractivity contribution < 1.29 is 4.79 Å². The van der Waals surface area contributed by atoms with E-state index in [9.17, 15) is 4.79 Å². The lowest BCUT2D eigenvalue weighted by molar-refractivity contribution is 0.0599. The van der Waals surface area contributed by atoms with Gasteiger partial charge in [0.1, 0.15) is 0 Å². The number of carbonyl (C=O) groups is 1. The molecule has 2 rings (SSSR count). The molecule has 1 saturated heterocycles. The molecule has 1 unspecified atom stereocenters. The van der Waals surface area contributed by atoms with Crippen LogP contribution in [0.5, 0.6) is 0 Å². The van der Waals surface area contributed by atoms with Crippen LogP contribution in [0.25, 0.3) is 0 Å². The van der Waals surface area contributed by atoms with E-state index in [2.05, 4.69) is 17.1 Å². The van der Waals surface area contributed by atoms with Gasteiger partial charge in [0, 0.05) is 12.6 Å². The van der Waals surface area contributed by atoms with Crippen LogP contribution >= 0.6 is 22.9 Å². The van der Waals surface area contributed by atoms with E-state index in [1.165, 1.54) is 6.42 Å². The van der Waals surface area contributed by atoms with Crippen LogP contribution in [0.4, 0.5) is 0 Å². The zero-order chi connectivity index (χ0) is 12.3. The molecule has 1 aromatic heterocycles. The van der Waals surface area contributed by atoms with Crippen molar-refractivity contribution in [3.05, 3.63) is 9.47 Å². The second-order valence-corrected chi connectivity index (χ2v) is 5.86. The molecule has 0 N–H and O–H groups in total. The highest BCUT2D eigenvalue weighted by Gasteiger charge is 2.28. The maximum absolute atomic E-state index is 12.3. The van der Waals surface area contributed by atoms with Crippen LogP contribution < -0.4 is 0 Å². The van der Waals surface area contributed by atoms with Gasteiger partial charge in [0.15, 0.2) is 0 Å². The molecule has 0 spiro atoms. The van der Waals surface area contributed by atoms with Gasteiger partial charge in [-0.25, -0.2) is 0 Å². The van der Waals surface area contributed by atoms with Crippen molar-refractivity contribution in [1.82, 2.24) is 15.1 Å². The maximum Gasteiger partial charge on any atom is 0.285 e. The van der Waals surface area contributed by atoms with Crippen LogP contribution in [0, 0.1) is 0 Å². The van der Waals surface area contributed by atoms with Gasteiger partial charge < -0.3 is 4.90 Å². The monoisotopic (exact) mass is 273 g/mol. The van der Waals surface area contributed by atoms with Crippen molar-refractivity contribution in [3.8, 4) is 0 Å². The Bertz CT molecular complexity index is 394. The number of aromatic nitrogens is 2. The minimum Gasteiger partial charge on any atom is -0.334 e. The van der Waals surface area contributed by atoms with Gasteiger partial charge in [-0.05, 0) is 37.3 Å². The molecule has 2 heterocycles. The summed E-state index contributed by atoms with van der Waals surface area (Å²) in [5, 5.41) is 7.94. The minimum absolute atomic E-state index is 0.00690. The predicted octanol–water partition coefficient (Wildman–Crippen LogP) is 2.99. The molecule has 1 fully saturated rings. The molecule has 0 bridgehead atoms. The maximum atomic E-state index is 12.3. The molecule has 1 aromatic rings. The summed E-state index contributed by atoms with van der Waals surface area (Å²) in [5.74, 6) is -0.00690. The van der Waals surface area contributed by atoms with Gasteiger partial charge >= 0.3 is 0 Å². The van der Waals surface area contributed by atoms with E-state index >= 15 is 0 Å². The molecule has 0 aliphatic carbocycles. The van der Waals surface area contributed by atoms with E-state index in [0.717, 1.165) is 43.6 Å². The number of likely N-dealkylation sites (tertiary alicyclic amines) is 1. The zero-order valence-electron chi connectivity index (χ0n) is 9.86. The molecule has 4 nitrogen and oxygen atoms in total. The third-order valence-electron chi connectivity index (χ3n) is 3.09. The molecule has 0 saturated carbocycles. The largest absolute Gasteiger partial charge is 0.334 e. The third-order valence-corrected chi connectivity index (χ3v) is 4.10. The predicted molar refractivity (Wildman–Crippen MR) is 68.5 cm³/mol. The number of piperidine rings is 1. The first-order valence-electron chi connectivity index (χ1n) is 6.02. The molecule has 1 atom stereocenters. The fraction of sp³-hybridized carbons (Fsp3) is 0.727. The average molecular weight is 274 g/mol. The fourth-order valence-corrected chi connectivity index (χ4v) is 3.10. The second kappa shape index (κ2) is 5.78. The first-order valence-corrected chi connectivity index (χ1v) is 7.21. The van der Waals surface area contributed by atoms with E-state index in [0.29, 0.717) is 15.5 Å². The Labute approximate surface area is 110 Å². The topological polar surface area (TPSA) is 46.1 Å². The van der Waals surface area contributed by atoms with E-state index in [4.69, 9.17) is 11.6 Å². The number of hydrogen-bond acceptors (Lipinski definition) is 4. The first kappa shape index (κ1) is 12.8. The van der Waals surface area contributed by atoms with Crippen molar-refractivity contribution in [2.75, 3.05) is 6.54 Å². The van der Waals surface area contributed by atoms with Gasteiger partial charge in [-0.2, -0.15) is 0 Å². The summed E-state index contributed by atoms with van der Waals surface area (Å²) < 4.78 is 0.331. The molecule has 0 aromatic carbocycles. The Balaban J connectivity index is 2.10. The Hall–Kier alpha value is -0.680. The molecule has 0 radical (unpaired) electrons. The summed E-state index contributed by atoms with van der Waals surface area (Å²) in [6.45, 7) is 2.99. The average Bonchev–Trinajstić information content (AvgIpc) is 2.76. The number of rotatable bonds is 3. The molecule has 6 heteroatoms. The van der Waals surface area contributed by atoms with Crippen LogP contribution in [0.2, 0.25) is 4.47 Å². The Morgan fingerprint density at radius 2 is 2.35 bits per heavy atom. The third kappa shape index (κ3) is 2.96. The van der Waals surface area contributed by atoms with E-state index in [1.807, 2.05) is 4.90 Å². The minimum atomic E-state index is -0.00690. The molecule has 1 aliphatic heterocycles. The number of amides is 1. The highest BCUT2D eigenvalue weighted by molar-refractivity contribution is 7.17. The summed E-state index contributed by atoms with van der Waals surface area (Å²) in [4.78, 5) is 14.2. The second-order valence-electron chi connectivity index (χ2n) is 4.30. The lowest BCUT2D eigenvalue weighted by Crippen LogP contribution is -2.43. The molecule has 94 valence electrons. The van der Waals surface area contributed by atoms with E-state index < -0.39 is 0 Å². The lowest BCUT2D eigenvalue weighted by Gasteiger charge is -2.35. The van der Waals surface area contributed by atoms with Crippen LogP contribution in [0.1, 0.15) is 48.8 Å². The standard InChI is InChI=1S/C11H16ClN3OS/c1-2-5-8-6-3-4-7-15(8)10(16)9-13-14-11(12)17-9/h8H,2-7H2,1H3. The van der Waals surface area contributed by atoms with E-state index in [-0.39, 0.29) is 5.91 Å². The van der Waals surface area contributed by atoms with Gasteiger partial charge in [0.25, 0.3) is 5.91 Å². The normalized spacial score (nSPS) is 20.6. The van der Waals surface area contributed by atoms with Gasteiger partial charge in [-0.15, -0.1) is 10.2 Å². The quantitative estimate of drug-likeness (QED) is 0.850. The summed E-state index contributed by atoms with van der Waals surface area (Å²) in [7, 11) is 0. The SMILES string of the molecule is CCCC1CCCCN1C(=O)c1nnc(Cl)s1. The van der Waals surface area contributed by atoms with Crippen LogP contribution in [0.3, 0.4) is 0 Å². The molecule has 1 amide bonds. The molecular formula is C11H16ClN3OS. The van der Waals surface area contributed by atoms with E-state index in [1.54, 1.807) is 0 Å².